The third kappa shape index (κ3) is 3.64. The molecular formula is C22H23N7O2. The van der Waals surface area contributed by atoms with Crippen LogP contribution in [0.4, 0.5) is 5.95 Å². The van der Waals surface area contributed by atoms with Gasteiger partial charge in [0, 0.05) is 30.6 Å². The zero-order valence-corrected chi connectivity index (χ0v) is 17.3. The number of nitrogens with zero attached hydrogens (tertiary/aromatic N) is 4. The minimum Gasteiger partial charge on any atom is -0.497 e. The predicted octanol–water partition coefficient (Wildman–Crippen LogP) is 1.76. The van der Waals surface area contributed by atoms with Crippen molar-refractivity contribution in [2.45, 2.75) is 13.0 Å². The van der Waals surface area contributed by atoms with Crippen LogP contribution in [-0.2, 0) is 4.79 Å². The first-order valence-electron chi connectivity index (χ1n) is 10.2. The first-order chi connectivity index (χ1) is 15.1. The number of benzene rings is 2. The van der Waals surface area contributed by atoms with Crippen LogP contribution in [0.25, 0.3) is 27.9 Å². The Morgan fingerprint density at radius 1 is 1.13 bits per heavy atom. The average molecular weight is 417 g/mol. The van der Waals surface area contributed by atoms with Crippen molar-refractivity contribution < 1.29 is 9.53 Å². The van der Waals surface area contributed by atoms with E-state index in [9.17, 15) is 4.79 Å². The highest BCUT2D eigenvalue weighted by Crippen LogP contribution is 2.26. The maximum absolute atomic E-state index is 12.5. The van der Waals surface area contributed by atoms with Crippen molar-refractivity contribution in [1.29, 1.82) is 0 Å². The Balaban J connectivity index is 1.65. The lowest BCUT2D eigenvalue weighted by Crippen LogP contribution is -2.42. The Morgan fingerprint density at radius 3 is 2.77 bits per heavy atom. The van der Waals surface area contributed by atoms with E-state index >= 15 is 0 Å². The summed E-state index contributed by atoms with van der Waals surface area (Å²) in [6.07, 6.45) is 0. The van der Waals surface area contributed by atoms with Gasteiger partial charge in [0.2, 0.25) is 11.9 Å². The molecule has 0 saturated carbocycles. The third-order valence-electron chi connectivity index (χ3n) is 5.34. The zero-order chi connectivity index (χ0) is 21.4. The lowest BCUT2D eigenvalue weighted by atomic mass is 10.1. The minimum absolute atomic E-state index is 0.0700. The first-order valence-corrected chi connectivity index (χ1v) is 10.2. The highest BCUT2D eigenvalue weighted by atomic mass is 16.5. The summed E-state index contributed by atoms with van der Waals surface area (Å²) < 4.78 is 6.93. The number of nitrogens with one attached hydrogen (secondary N) is 3. The molecule has 0 bridgehead atoms. The van der Waals surface area contributed by atoms with E-state index in [1.807, 2.05) is 49.4 Å². The second-order valence-electron chi connectivity index (χ2n) is 7.55. The number of fused-ring (bicyclic) bond motifs is 3. The van der Waals surface area contributed by atoms with Gasteiger partial charge in [-0.25, -0.2) is 9.97 Å². The van der Waals surface area contributed by atoms with Crippen LogP contribution >= 0.6 is 0 Å². The molecule has 2 aromatic heterocycles. The molecule has 0 aliphatic carbocycles. The predicted molar refractivity (Wildman–Crippen MR) is 118 cm³/mol. The van der Waals surface area contributed by atoms with Crippen LogP contribution in [-0.4, -0.2) is 58.3 Å². The van der Waals surface area contributed by atoms with Crippen molar-refractivity contribution >= 4 is 28.4 Å². The number of ether oxygens (including phenoxy) is 1. The fourth-order valence-corrected chi connectivity index (χ4v) is 3.69. The van der Waals surface area contributed by atoms with Gasteiger partial charge in [0.05, 0.1) is 12.6 Å². The van der Waals surface area contributed by atoms with Gasteiger partial charge in [0.15, 0.2) is 11.5 Å². The molecule has 4 aromatic rings. The van der Waals surface area contributed by atoms with Crippen molar-refractivity contribution in [3.8, 4) is 17.1 Å². The molecule has 31 heavy (non-hydrogen) atoms. The number of carbonyl (C=O) groups is 1. The summed E-state index contributed by atoms with van der Waals surface area (Å²) >= 11 is 0. The van der Waals surface area contributed by atoms with E-state index in [0.29, 0.717) is 30.5 Å². The monoisotopic (exact) mass is 417 g/mol. The Morgan fingerprint density at radius 2 is 1.97 bits per heavy atom. The van der Waals surface area contributed by atoms with E-state index in [1.54, 1.807) is 11.6 Å². The van der Waals surface area contributed by atoms with Crippen LogP contribution in [0.15, 0.2) is 42.5 Å². The normalized spacial score (nSPS) is 16.8. The van der Waals surface area contributed by atoms with Crippen molar-refractivity contribution in [2.24, 2.45) is 0 Å². The van der Waals surface area contributed by atoms with E-state index in [0.717, 1.165) is 34.3 Å². The van der Waals surface area contributed by atoms with Gasteiger partial charge >= 0.3 is 0 Å². The van der Waals surface area contributed by atoms with Crippen molar-refractivity contribution in [3.05, 3.63) is 48.0 Å². The van der Waals surface area contributed by atoms with Gasteiger partial charge in [-0.3, -0.25) is 4.79 Å². The van der Waals surface area contributed by atoms with Crippen LogP contribution in [0.1, 0.15) is 5.56 Å². The molecule has 1 fully saturated rings. The molecule has 2 aromatic carbocycles. The molecule has 3 N–H and O–H groups in total. The summed E-state index contributed by atoms with van der Waals surface area (Å²) in [5.41, 5.74) is 3.45. The van der Waals surface area contributed by atoms with Crippen LogP contribution in [0.5, 0.6) is 5.75 Å². The van der Waals surface area contributed by atoms with E-state index < -0.39 is 6.04 Å². The topological polar surface area (TPSA) is 105 Å². The van der Waals surface area contributed by atoms with Crippen molar-refractivity contribution in [2.75, 3.05) is 32.1 Å². The summed E-state index contributed by atoms with van der Waals surface area (Å²) in [7, 11) is 1.63. The van der Waals surface area contributed by atoms with E-state index in [1.165, 1.54) is 0 Å². The molecule has 1 aliphatic heterocycles. The Hall–Kier alpha value is -3.72. The number of carbonyl (C=O) groups excluding carboxylic acids is 1. The molecule has 1 saturated heterocycles. The molecule has 0 radical (unpaired) electrons. The molecule has 1 aliphatic rings. The van der Waals surface area contributed by atoms with Crippen molar-refractivity contribution in [1.82, 2.24) is 30.2 Å². The second kappa shape index (κ2) is 7.84. The van der Waals surface area contributed by atoms with Crippen molar-refractivity contribution in [3.63, 3.8) is 0 Å². The molecule has 0 unspecified atom stereocenters. The molecule has 1 atom stereocenters. The highest BCUT2D eigenvalue weighted by molar-refractivity contribution is 5.94. The molecule has 9 heteroatoms. The van der Waals surface area contributed by atoms with Gasteiger partial charge in [-0.2, -0.15) is 4.52 Å². The number of hydrogen-bond acceptors (Lipinski definition) is 7. The molecule has 158 valence electrons. The lowest BCUT2D eigenvalue weighted by molar-refractivity contribution is -0.121. The minimum atomic E-state index is -0.463. The standard InChI is InChI=1S/C22H23N7O2/c1-13-3-8-17-16(11-13)20-27-19(14-4-6-15(31-2)7-5-14)28-29(20)22(25-17)26-18-12-23-9-10-24-21(18)30/h3-8,11,18,23H,9-10,12H2,1-2H3,(H,24,30)(H,25,26)/t18-/m1/s1. The third-order valence-corrected chi connectivity index (χ3v) is 5.34. The summed E-state index contributed by atoms with van der Waals surface area (Å²) in [5, 5.41) is 15.0. The van der Waals surface area contributed by atoms with Gasteiger partial charge in [0.1, 0.15) is 11.8 Å². The van der Waals surface area contributed by atoms with E-state index in [2.05, 4.69) is 16.0 Å². The molecule has 5 rings (SSSR count). The number of anilines is 1. The number of aryl methyl sites for hydroxylation is 1. The quantitative estimate of drug-likeness (QED) is 0.465. The second-order valence-corrected chi connectivity index (χ2v) is 7.55. The maximum Gasteiger partial charge on any atom is 0.243 e. The van der Waals surface area contributed by atoms with Gasteiger partial charge in [-0.1, -0.05) is 11.6 Å². The van der Waals surface area contributed by atoms with Gasteiger partial charge in [0.25, 0.3) is 0 Å². The molecule has 3 heterocycles. The van der Waals surface area contributed by atoms with Gasteiger partial charge in [-0.05, 0) is 43.3 Å². The molecule has 0 spiro atoms. The summed E-state index contributed by atoms with van der Waals surface area (Å²) in [6.45, 7) is 3.86. The van der Waals surface area contributed by atoms with Crippen LogP contribution in [0.2, 0.25) is 0 Å². The zero-order valence-electron chi connectivity index (χ0n) is 17.3. The number of methoxy groups -OCH3 is 1. The van der Waals surface area contributed by atoms with E-state index in [-0.39, 0.29) is 5.91 Å². The Labute approximate surface area is 178 Å². The van der Waals surface area contributed by atoms with Crippen LogP contribution < -0.4 is 20.7 Å². The average Bonchev–Trinajstić information content (AvgIpc) is 3.14. The summed E-state index contributed by atoms with van der Waals surface area (Å²) in [4.78, 5) is 22.0. The molecule has 9 nitrogen and oxygen atoms in total. The number of rotatable bonds is 4. The number of aromatic nitrogens is 4. The summed E-state index contributed by atoms with van der Waals surface area (Å²) in [5.74, 6) is 1.75. The molecule has 1 amide bonds. The smallest absolute Gasteiger partial charge is 0.243 e. The van der Waals surface area contributed by atoms with E-state index in [4.69, 9.17) is 19.8 Å². The SMILES string of the molecule is COc1ccc(-c2nc3c4cc(C)ccc4nc(N[C@@H]4CNCCNC4=O)n3n2)cc1. The maximum atomic E-state index is 12.5. The number of hydrogen-bond donors (Lipinski definition) is 3. The highest BCUT2D eigenvalue weighted by Gasteiger charge is 2.23. The molecular weight excluding hydrogens is 394 g/mol. The van der Waals surface area contributed by atoms with Crippen LogP contribution in [0.3, 0.4) is 0 Å². The fraction of sp³-hybridized carbons (Fsp3) is 0.273. The van der Waals surface area contributed by atoms with Crippen LogP contribution in [0, 0.1) is 6.92 Å². The lowest BCUT2D eigenvalue weighted by Gasteiger charge is -2.16. The Bertz CT molecular complexity index is 1270. The Kier molecular flexibility index (Phi) is 4.87. The number of amides is 1. The van der Waals surface area contributed by atoms with Gasteiger partial charge < -0.3 is 20.7 Å². The fourth-order valence-electron chi connectivity index (χ4n) is 3.69. The first kappa shape index (κ1) is 19.3. The largest absolute Gasteiger partial charge is 0.497 e. The van der Waals surface area contributed by atoms with Gasteiger partial charge in [-0.15, -0.1) is 5.10 Å². The summed E-state index contributed by atoms with van der Waals surface area (Å²) in [6, 6.07) is 13.2.